The number of aromatic nitrogens is 1. The van der Waals surface area contributed by atoms with E-state index in [2.05, 4.69) is 28.6 Å². The first-order valence-corrected chi connectivity index (χ1v) is 5.69. The van der Waals surface area contributed by atoms with Gasteiger partial charge in [0.15, 0.2) is 0 Å². The van der Waals surface area contributed by atoms with Crippen molar-refractivity contribution in [2.45, 2.75) is 26.5 Å². The van der Waals surface area contributed by atoms with Crippen LogP contribution in [0.15, 0.2) is 18.3 Å². The summed E-state index contributed by atoms with van der Waals surface area (Å²) >= 11 is 0. The van der Waals surface area contributed by atoms with Gasteiger partial charge in [-0.25, -0.2) is 4.98 Å². The second-order valence-electron chi connectivity index (χ2n) is 3.72. The van der Waals surface area contributed by atoms with E-state index >= 15 is 0 Å². The molecule has 0 saturated carbocycles. The molecule has 4 nitrogen and oxygen atoms in total. The van der Waals surface area contributed by atoms with E-state index in [1.165, 1.54) is 5.56 Å². The molecule has 4 heteroatoms. The predicted molar refractivity (Wildman–Crippen MR) is 66.6 cm³/mol. The van der Waals surface area contributed by atoms with Crippen LogP contribution in [0, 0.1) is 0 Å². The lowest BCUT2D eigenvalue weighted by Crippen LogP contribution is -2.20. The topological polar surface area (TPSA) is 46.2 Å². The molecule has 0 aliphatic rings. The van der Waals surface area contributed by atoms with Crippen LogP contribution in [-0.4, -0.2) is 31.3 Å². The molecule has 0 aliphatic carbocycles. The summed E-state index contributed by atoms with van der Waals surface area (Å²) in [4.78, 5) is 4.33. The molecule has 0 aromatic carbocycles. The molecule has 1 rings (SSSR count). The third-order valence-corrected chi connectivity index (χ3v) is 2.42. The summed E-state index contributed by atoms with van der Waals surface area (Å²) in [5.74, 6) is 0.937. The second kappa shape index (κ2) is 7.19. The highest BCUT2D eigenvalue weighted by Crippen LogP contribution is 2.11. The molecule has 0 aliphatic heterocycles. The lowest BCUT2D eigenvalue weighted by atomic mass is 10.2. The van der Waals surface area contributed by atoms with Gasteiger partial charge < -0.3 is 15.4 Å². The van der Waals surface area contributed by atoms with Crippen LogP contribution in [0.25, 0.3) is 0 Å². The number of methoxy groups -OCH3 is 1. The van der Waals surface area contributed by atoms with Crippen molar-refractivity contribution in [2.75, 3.05) is 25.5 Å². The normalized spacial score (nSPS) is 12.4. The van der Waals surface area contributed by atoms with Crippen LogP contribution in [0.4, 0.5) is 5.82 Å². The van der Waals surface area contributed by atoms with E-state index in [1.54, 1.807) is 13.3 Å². The monoisotopic (exact) mass is 223 g/mol. The van der Waals surface area contributed by atoms with E-state index in [0.717, 1.165) is 25.5 Å². The number of hydrogen-bond acceptors (Lipinski definition) is 4. The number of pyridine rings is 1. The fraction of sp³-hybridized carbons (Fsp3) is 0.583. The Morgan fingerprint density at radius 3 is 3.00 bits per heavy atom. The van der Waals surface area contributed by atoms with Crippen molar-refractivity contribution >= 4 is 5.82 Å². The van der Waals surface area contributed by atoms with Gasteiger partial charge in [-0.15, -0.1) is 0 Å². The molecule has 1 heterocycles. The van der Waals surface area contributed by atoms with E-state index in [1.807, 2.05) is 13.0 Å². The van der Waals surface area contributed by atoms with E-state index in [-0.39, 0.29) is 6.10 Å². The summed E-state index contributed by atoms with van der Waals surface area (Å²) in [5.41, 5.74) is 1.19. The van der Waals surface area contributed by atoms with Gasteiger partial charge in [0, 0.05) is 32.0 Å². The van der Waals surface area contributed by atoms with Crippen LogP contribution in [0.2, 0.25) is 0 Å². The molecular weight excluding hydrogens is 202 g/mol. The van der Waals surface area contributed by atoms with Gasteiger partial charge in [-0.2, -0.15) is 0 Å². The Labute approximate surface area is 97.4 Å². The van der Waals surface area contributed by atoms with Crippen molar-refractivity contribution in [1.29, 1.82) is 0 Å². The van der Waals surface area contributed by atoms with Crippen LogP contribution in [0.3, 0.4) is 0 Å². The van der Waals surface area contributed by atoms with E-state index in [4.69, 9.17) is 4.74 Å². The van der Waals surface area contributed by atoms with Crippen LogP contribution in [0.1, 0.15) is 19.4 Å². The number of ether oxygens (including phenoxy) is 1. The lowest BCUT2D eigenvalue weighted by molar-refractivity contribution is 0.128. The number of rotatable bonds is 7. The Hall–Kier alpha value is -1.13. The predicted octanol–water partition coefficient (Wildman–Crippen LogP) is 1.64. The van der Waals surface area contributed by atoms with Crippen LogP contribution in [-0.2, 0) is 11.3 Å². The third-order valence-electron chi connectivity index (χ3n) is 2.42. The van der Waals surface area contributed by atoms with Crippen LogP contribution in [0.5, 0.6) is 0 Å². The quantitative estimate of drug-likeness (QED) is 0.737. The molecule has 1 aromatic rings. The Balaban J connectivity index is 2.56. The van der Waals surface area contributed by atoms with E-state index in [0.29, 0.717) is 0 Å². The van der Waals surface area contributed by atoms with Crippen molar-refractivity contribution in [2.24, 2.45) is 0 Å². The maximum Gasteiger partial charge on any atom is 0.130 e. The molecule has 1 unspecified atom stereocenters. The third kappa shape index (κ3) is 4.16. The molecular formula is C12H21N3O. The van der Waals surface area contributed by atoms with Crippen LogP contribution >= 0.6 is 0 Å². The first-order valence-electron chi connectivity index (χ1n) is 5.69. The second-order valence-corrected chi connectivity index (χ2v) is 3.72. The summed E-state index contributed by atoms with van der Waals surface area (Å²) in [6.45, 7) is 6.69. The summed E-state index contributed by atoms with van der Waals surface area (Å²) in [7, 11) is 1.71. The lowest BCUT2D eigenvalue weighted by Gasteiger charge is -2.14. The highest BCUT2D eigenvalue weighted by molar-refractivity contribution is 5.43. The van der Waals surface area contributed by atoms with Crippen molar-refractivity contribution in [3.8, 4) is 0 Å². The number of nitrogens with one attached hydrogen (secondary N) is 2. The van der Waals surface area contributed by atoms with Crippen LogP contribution < -0.4 is 10.6 Å². The first-order chi connectivity index (χ1) is 7.77. The van der Waals surface area contributed by atoms with Gasteiger partial charge in [0.25, 0.3) is 0 Å². The molecule has 90 valence electrons. The molecule has 0 amide bonds. The number of hydrogen-bond donors (Lipinski definition) is 2. The molecule has 0 radical (unpaired) electrons. The fourth-order valence-corrected chi connectivity index (χ4v) is 1.32. The number of nitrogens with zero attached hydrogens (tertiary/aromatic N) is 1. The van der Waals surface area contributed by atoms with Gasteiger partial charge in [-0.1, -0.05) is 13.0 Å². The maximum absolute atomic E-state index is 5.19. The minimum absolute atomic E-state index is 0.189. The Kier molecular flexibility index (Phi) is 5.82. The van der Waals surface area contributed by atoms with Crippen molar-refractivity contribution < 1.29 is 4.74 Å². The highest BCUT2D eigenvalue weighted by atomic mass is 16.5. The zero-order valence-corrected chi connectivity index (χ0v) is 10.3. The van der Waals surface area contributed by atoms with Crippen molar-refractivity contribution in [1.82, 2.24) is 10.3 Å². The molecule has 0 bridgehead atoms. The first kappa shape index (κ1) is 12.9. The molecule has 16 heavy (non-hydrogen) atoms. The molecule has 0 spiro atoms. The minimum Gasteiger partial charge on any atom is -0.380 e. The zero-order valence-electron chi connectivity index (χ0n) is 10.3. The summed E-state index contributed by atoms with van der Waals surface area (Å²) in [5, 5.41) is 6.59. The largest absolute Gasteiger partial charge is 0.380 e. The summed E-state index contributed by atoms with van der Waals surface area (Å²) in [6.07, 6.45) is 1.99. The molecule has 1 atom stereocenters. The van der Waals surface area contributed by atoms with Gasteiger partial charge >= 0.3 is 0 Å². The summed E-state index contributed by atoms with van der Waals surface area (Å²) < 4.78 is 5.19. The van der Waals surface area contributed by atoms with Crippen molar-refractivity contribution in [3.05, 3.63) is 23.9 Å². The molecule has 2 N–H and O–H groups in total. The fourth-order valence-electron chi connectivity index (χ4n) is 1.32. The van der Waals surface area contributed by atoms with Gasteiger partial charge in [-0.05, 0) is 19.5 Å². The molecule has 0 saturated heterocycles. The Bertz CT molecular complexity index is 304. The minimum atomic E-state index is 0.189. The zero-order chi connectivity index (χ0) is 11.8. The van der Waals surface area contributed by atoms with Gasteiger partial charge in [0.1, 0.15) is 5.82 Å². The molecule has 0 fully saturated rings. The highest BCUT2D eigenvalue weighted by Gasteiger charge is 2.04. The van der Waals surface area contributed by atoms with Crippen molar-refractivity contribution in [3.63, 3.8) is 0 Å². The summed E-state index contributed by atoms with van der Waals surface area (Å²) in [6, 6.07) is 4.03. The Morgan fingerprint density at radius 1 is 1.50 bits per heavy atom. The smallest absolute Gasteiger partial charge is 0.130 e. The van der Waals surface area contributed by atoms with Gasteiger partial charge in [0.2, 0.25) is 0 Å². The molecule has 1 aromatic heterocycles. The van der Waals surface area contributed by atoms with Gasteiger partial charge in [0.05, 0.1) is 6.10 Å². The van der Waals surface area contributed by atoms with E-state index in [9.17, 15) is 0 Å². The van der Waals surface area contributed by atoms with E-state index < -0.39 is 0 Å². The SMILES string of the molecule is CCNCc1cccnc1NCC(C)OC. The maximum atomic E-state index is 5.19. The average Bonchev–Trinajstić information content (AvgIpc) is 2.34. The van der Waals surface area contributed by atoms with Gasteiger partial charge in [-0.3, -0.25) is 0 Å². The standard InChI is InChI=1S/C12H21N3O/c1-4-13-9-11-6-5-7-14-12(11)15-8-10(2)16-3/h5-7,10,13H,4,8-9H2,1-3H3,(H,14,15). The Morgan fingerprint density at radius 2 is 2.31 bits per heavy atom. The number of anilines is 1. The average molecular weight is 223 g/mol.